The van der Waals surface area contributed by atoms with Gasteiger partial charge in [-0.3, -0.25) is 0 Å². The number of ether oxygens (including phenoxy) is 1. The summed E-state index contributed by atoms with van der Waals surface area (Å²) in [6, 6.07) is 3.42. The van der Waals surface area contributed by atoms with E-state index in [0.717, 1.165) is 6.07 Å². The Bertz CT molecular complexity index is 624. The lowest BCUT2D eigenvalue weighted by Gasteiger charge is -1.99. The van der Waals surface area contributed by atoms with E-state index in [-0.39, 0.29) is 24.0 Å². The molecule has 1 aromatic heterocycles. The van der Waals surface area contributed by atoms with Gasteiger partial charge in [0.25, 0.3) is 0 Å². The molecular weight excluding hydrogens is 260 g/mol. The molecule has 2 aromatic rings. The second-order valence-electron chi connectivity index (χ2n) is 3.49. The van der Waals surface area contributed by atoms with Crippen molar-refractivity contribution in [3.05, 3.63) is 35.5 Å². The minimum atomic E-state index is -1.38. The first-order valence-corrected chi connectivity index (χ1v) is 5.36. The fraction of sp³-hybridized carbons (Fsp3) is 0.167. The number of benzene rings is 1. The maximum Gasteiger partial charge on any atom is 0.362 e. The third kappa shape index (κ3) is 2.40. The van der Waals surface area contributed by atoms with Gasteiger partial charge in [-0.05, 0) is 19.1 Å². The van der Waals surface area contributed by atoms with Gasteiger partial charge in [0.05, 0.1) is 12.2 Å². The third-order valence-electron chi connectivity index (χ3n) is 2.26. The van der Waals surface area contributed by atoms with Gasteiger partial charge in [-0.25, -0.2) is 13.6 Å². The van der Waals surface area contributed by atoms with Crippen LogP contribution in [-0.2, 0) is 0 Å². The van der Waals surface area contributed by atoms with Crippen molar-refractivity contribution >= 4 is 5.97 Å². The standard InChI is InChI=1S/C12H9F2NO4/c1-2-18-12-9(11(16)17)15-10(19-12)6-4-3-5-7(13)8(6)14/h3-5H,2H2,1H3,(H,16,17). The number of aromatic nitrogens is 1. The zero-order valence-corrected chi connectivity index (χ0v) is 9.81. The van der Waals surface area contributed by atoms with Gasteiger partial charge in [0.2, 0.25) is 11.6 Å². The lowest BCUT2D eigenvalue weighted by Crippen LogP contribution is -2.01. The smallest absolute Gasteiger partial charge is 0.362 e. The predicted octanol–water partition coefficient (Wildman–Crippen LogP) is 2.72. The zero-order chi connectivity index (χ0) is 14.0. The number of carboxylic acid groups (broad SMARTS) is 1. The van der Waals surface area contributed by atoms with Crippen LogP contribution in [0.15, 0.2) is 22.6 Å². The Morgan fingerprint density at radius 2 is 2.21 bits per heavy atom. The van der Waals surface area contributed by atoms with Crippen LogP contribution >= 0.6 is 0 Å². The number of rotatable bonds is 4. The summed E-state index contributed by atoms with van der Waals surface area (Å²) in [4.78, 5) is 14.5. The molecule has 0 bridgehead atoms. The minimum absolute atomic E-state index is 0.153. The molecule has 0 atom stereocenters. The summed E-state index contributed by atoms with van der Waals surface area (Å²) in [6.07, 6.45) is 0. The fourth-order valence-electron chi connectivity index (χ4n) is 1.45. The van der Waals surface area contributed by atoms with Gasteiger partial charge in [0.1, 0.15) is 0 Å². The Labute approximate surface area is 106 Å². The van der Waals surface area contributed by atoms with Crippen LogP contribution in [0.25, 0.3) is 11.5 Å². The van der Waals surface area contributed by atoms with Crippen LogP contribution in [0.2, 0.25) is 0 Å². The first-order valence-electron chi connectivity index (χ1n) is 5.36. The van der Waals surface area contributed by atoms with Crippen LogP contribution in [0.4, 0.5) is 8.78 Å². The van der Waals surface area contributed by atoms with E-state index >= 15 is 0 Å². The molecule has 0 amide bonds. The van der Waals surface area contributed by atoms with Crippen LogP contribution in [0, 0.1) is 11.6 Å². The maximum atomic E-state index is 13.6. The highest BCUT2D eigenvalue weighted by molar-refractivity contribution is 5.88. The molecule has 0 aliphatic carbocycles. The average molecular weight is 269 g/mol. The number of carboxylic acids is 1. The largest absolute Gasteiger partial charge is 0.476 e. The van der Waals surface area contributed by atoms with Crippen molar-refractivity contribution in [1.29, 1.82) is 0 Å². The van der Waals surface area contributed by atoms with Crippen LogP contribution in [0.1, 0.15) is 17.4 Å². The van der Waals surface area contributed by atoms with Crippen LogP contribution < -0.4 is 4.74 Å². The molecule has 0 unspecified atom stereocenters. The molecule has 1 aromatic carbocycles. The summed E-state index contributed by atoms with van der Waals surface area (Å²) in [5.41, 5.74) is -0.756. The quantitative estimate of drug-likeness (QED) is 0.923. The molecule has 1 heterocycles. The zero-order valence-electron chi connectivity index (χ0n) is 9.81. The third-order valence-corrected chi connectivity index (χ3v) is 2.26. The summed E-state index contributed by atoms with van der Waals surface area (Å²) in [7, 11) is 0. The first-order chi connectivity index (χ1) is 9.04. The van der Waals surface area contributed by atoms with E-state index in [1.807, 2.05) is 0 Å². The molecule has 0 saturated carbocycles. The summed E-state index contributed by atoms with van der Waals surface area (Å²) in [5.74, 6) is -4.31. The molecule has 7 heteroatoms. The van der Waals surface area contributed by atoms with E-state index in [4.69, 9.17) is 14.3 Å². The maximum absolute atomic E-state index is 13.6. The van der Waals surface area contributed by atoms with Crippen molar-refractivity contribution < 1.29 is 27.8 Å². The predicted molar refractivity (Wildman–Crippen MR) is 60.0 cm³/mol. The number of carbonyl (C=O) groups is 1. The highest BCUT2D eigenvalue weighted by Crippen LogP contribution is 2.29. The molecule has 0 saturated heterocycles. The molecule has 0 fully saturated rings. The van der Waals surface area contributed by atoms with E-state index in [1.54, 1.807) is 6.92 Å². The van der Waals surface area contributed by atoms with Gasteiger partial charge in [0, 0.05) is 0 Å². The Morgan fingerprint density at radius 1 is 1.47 bits per heavy atom. The topological polar surface area (TPSA) is 72.6 Å². The number of hydrogen-bond acceptors (Lipinski definition) is 4. The number of nitrogens with zero attached hydrogens (tertiary/aromatic N) is 1. The average Bonchev–Trinajstić information content (AvgIpc) is 2.77. The molecule has 19 heavy (non-hydrogen) atoms. The molecule has 2 rings (SSSR count). The number of hydrogen-bond donors (Lipinski definition) is 1. The van der Waals surface area contributed by atoms with Gasteiger partial charge in [-0.1, -0.05) is 6.07 Å². The van der Waals surface area contributed by atoms with Crippen molar-refractivity contribution in [3.8, 4) is 17.4 Å². The fourth-order valence-corrected chi connectivity index (χ4v) is 1.45. The van der Waals surface area contributed by atoms with E-state index < -0.39 is 23.3 Å². The van der Waals surface area contributed by atoms with Crippen molar-refractivity contribution in [1.82, 2.24) is 4.98 Å². The second kappa shape index (κ2) is 5.05. The van der Waals surface area contributed by atoms with Crippen molar-refractivity contribution in [2.75, 3.05) is 6.61 Å². The molecular formula is C12H9F2NO4. The number of halogens is 2. The minimum Gasteiger partial charge on any atom is -0.476 e. The Morgan fingerprint density at radius 3 is 2.84 bits per heavy atom. The van der Waals surface area contributed by atoms with Gasteiger partial charge in [-0.15, -0.1) is 0 Å². The summed E-state index contributed by atoms with van der Waals surface area (Å²) in [6.45, 7) is 1.77. The lowest BCUT2D eigenvalue weighted by atomic mass is 10.2. The summed E-state index contributed by atoms with van der Waals surface area (Å²) in [5, 5.41) is 8.91. The monoisotopic (exact) mass is 269 g/mol. The molecule has 0 aliphatic heterocycles. The Kier molecular flexibility index (Phi) is 3.46. The SMILES string of the molecule is CCOc1oc(-c2cccc(F)c2F)nc1C(=O)O. The van der Waals surface area contributed by atoms with Gasteiger partial charge < -0.3 is 14.3 Å². The number of oxazole rings is 1. The second-order valence-corrected chi connectivity index (χ2v) is 3.49. The highest BCUT2D eigenvalue weighted by Gasteiger charge is 2.23. The molecule has 0 aliphatic rings. The number of aromatic carboxylic acids is 1. The Balaban J connectivity index is 2.54. The van der Waals surface area contributed by atoms with Crippen molar-refractivity contribution in [3.63, 3.8) is 0 Å². The molecule has 0 spiro atoms. The highest BCUT2D eigenvalue weighted by atomic mass is 19.2. The van der Waals surface area contributed by atoms with Crippen molar-refractivity contribution in [2.45, 2.75) is 6.92 Å². The van der Waals surface area contributed by atoms with Gasteiger partial charge in [0.15, 0.2) is 11.6 Å². The molecule has 1 N–H and O–H groups in total. The molecule has 5 nitrogen and oxygen atoms in total. The van der Waals surface area contributed by atoms with Crippen LogP contribution in [0.5, 0.6) is 5.95 Å². The van der Waals surface area contributed by atoms with E-state index in [2.05, 4.69) is 4.98 Å². The van der Waals surface area contributed by atoms with Gasteiger partial charge in [-0.2, -0.15) is 4.98 Å². The van der Waals surface area contributed by atoms with Crippen LogP contribution in [0.3, 0.4) is 0 Å². The van der Waals surface area contributed by atoms with Crippen LogP contribution in [-0.4, -0.2) is 22.7 Å². The first kappa shape index (κ1) is 13.0. The van der Waals surface area contributed by atoms with E-state index in [0.29, 0.717) is 0 Å². The van der Waals surface area contributed by atoms with E-state index in [1.165, 1.54) is 12.1 Å². The Hall–Kier alpha value is -2.44. The van der Waals surface area contributed by atoms with Gasteiger partial charge >= 0.3 is 11.9 Å². The summed E-state index contributed by atoms with van der Waals surface area (Å²) < 4.78 is 36.6. The normalized spacial score (nSPS) is 10.5. The van der Waals surface area contributed by atoms with Crippen molar-refractivity contribution in [2.24, 2.45) is 0 Å². The van der Waals surface area contributed by atoms with E-state index in [9.17, 15) is 13.6 Å². The molecule has 0 radical (unpaired) electrons. The molecule has 100 valence electrons. The summed E-state index contributed by atoms with van der Waals surface area (Å²) >= 11 is 0. The lowest BCUT2D eigenvalue weighted by molar-refractivity contribution is 0.0683.